The number of ether oxygens (including phenoxy) is 4. The highest BCUT2D eigenvalue weighted by Crippen LogP contribution is 2.30. The van der Waals surface area contributed by atoms with Crippen molar-refractivity contribution in [2.45, 2.75) is 71.4 Å². The molecule has 2 fully saturated rings. The Balaban J connectivity index is 1.69. The lowest BCUT2D eigenvalue weighted by atomic mass is 10.1. The fourth-order valence-electron chi connectivity index (χ4n) is 3.23. The average molecular weight is 443 g/mol. The van der Waals surface area contributed by atoms with Crippen LogP contribution < -0.4 is 10.6 Å². The lowest BCUT2D eigenvalue weighted by Crippen LogP contribution is -2.37. The van der Waals surface area contributed by atoms with Gasteiger partial charge in [0, 0.05) is 24.9 Å². The Hall–Kier alpha value is -2.20. The third kappa shape index (κ3) is 7.46. The smallest absolute Gasteiger partial charge is 0.308 e. The molecule has 2 saturated heterocycles. The highest BCUT2D eigenvalue weighted by atomic mass is 16.7. The van der Waals surface area contributed by atoms with Crippen LogP contribution in [0.25, 0.3) is 0 Å². The number of rotatable bonds is 11. The van der Waals surface area contributed by atoms with E-state index in [4.69, 9.17) is 18.9 Å². The Morgan fingerprint density at radius 2 is 1.29 bits per heavy atom. The first-order valence-corrected chi connectivity index (χ1v) is 10.9. The average Bonchev–Trinajstić information content (AvgIpc) is 3.30. The molecule has 0 aromatic rings. The van der Waals surface area contributed by atoms with Gasteiger partial charge in [0.15, 0.2) is 12.2 Å². The molecule has 0 aliphatic carbocycles. The predicted octanol–water partition coefficient (Wildman–Crippen LogP) is 0.322. The van der Waals surface area contributed by atoms with Crippen molar-refractivity contribution < 1.29 is 38.1 Å². The molecule has 2 aliphatic heterocycles. The Bertz CT molecular complexity index is 653. The van der Waals surface area contributed by atoms with E-state index in [0.29, 0.717) is 0 Å². The molecule has 2 heterocycles. The van der Waals surface area contributed by atoms with Gasteiger partial charge in [-0.05, 0) is 6.42 Å². The van der Waals surface area contributed by atoms with E-state index < -0.39 is 36.4 Å². The topological polar surface area (TPSA) is 129 Å². The molecule has 31 heavy (non-hydrogen) atoms. The number of esters is 2. The summed E-state index contributed by atoms with van der Waals surface area (Å²) < 4.78 is 22.1. The SMILES string of the molecule is CCC(C)C(=O)NCCC(=O)O[C@H]1CO[C@H]2C1OC[C@H]2OC(=O)CCNC(=O)C(C)C. The number of amides is 2. The van der Waals surface area contributed by atoms with Gasteiger partial charge in [-0.15, -0.1) is 0 Å². The molecule has 0 aromatic carbocycles. The van der Waals surface area contributed by atoms with E-state index in [2.05, 4.69) is 10.6 Å². The van der Waals surface area contributed by atoms with Crippen LogP contribution in [0.2, 0.25) is 0 Å². The highest BCUT2D eigenvalue weighted by Gasteiger charge is 2.51. The fraction of sp³-hybridized carbons (Fsp3) is 0.810. The van der Waals surface area contributed by atoms with Gasteiger partial charge in [0.1, 0.15) is 12.2 Å². The van der Waals surface area contributed by atoms with Crippen LogP contribution in [0.15, 0.2) is 0 Å². The third-order valence-electron chi connectivity index (χ3n) is 5.37. The van der Waals surface area contributed by atoms with E-state index >= 15 is 0 Å². The normalized spacial score (nSPS) is 25.6. The minimum atomic E-state index is -0.586. The van der Waals surface area contributed by atoms with Gasteiger partial charge >= 0.3 is 11.9 Å². The summed E-state index contributed by atoms with van der Waals surface area (Å²) in [6, 6.07) is 0. The largest absolute Gasteiger partial charge is 0.457 e. The third-order valence-corrected chi connectivity index (χ3v) is 5.37. The molecule has 0 radical (unpaired) electrons. The fourth-order valence-corrected chi connectivity index (χ4v) is 3.23. The summed E-state index contributed by atoms with van der Waals surface area (Å²) in [7, 11) is 0. The van der Waals surface area contributed by atoms with Crippen molar-refractivity contribution in [3.8, 4) is 0 Å². The van der Waals surface area contributed by atoms with Gasteiger partial charge in [-0.3, -0.25) is 19.2 Å². The second kappa shape index (κ2) is 12.0. The zero-order valence-electron chi connectivity index (χ0n) is 18.7. The Kier molecular flexibility index (Phi) is 9.70. The number of nitrogens with one attached hydrogen (secondary N) is 2. The molecule has 5 atom stereocenters. The number of carbonyl (C=O) groups excluding carboxylic acids is 4. The molecule has 2 N–H and O–H groups in total. The van der Waals surface area contributed by atoms with Crippen LogP contribution in [-0.4, -0.2) is 74.5 Å². The summed E-state index contributed by atoms with van der Waals surface area (Å²) >= 11 is 0. The van der Waals surface area contributed by atoms with Gasteiger partial charge in [-0.1, -0.05) is 27.7 Å². The van der Waals surface area contributed by atoms with Crippen molar-refractivity contribution in [1.82, 2.24) is 10.6 Å². The van der Waals surface area contributed by atoms with Crippen LogP contribution in [0.4, 0.5) is 0 Å². The second-order valence-corrected chi connectivity index (χ2v) is 8.20. The Labute approximate surface area is 182 Å². The minimum absolute atomic E-state index is 0.0487. The van der Waals surface area contributed by atoms with Gasteiger partial charge in [0.05, 0.1) is 26.1 Å². The van der Waals surface area contributed by atoms with Crippen molar-refractivity contribution in [3.63, 3.8) is 0 Å². The van der Waals surface area contributed by atoms with Gasteiger partial charge in [-0.2, -0.15) is 0 Å². The van der Waals surface area contributed by atoms with Crippen molar-refractivity contribution in [2.24, 2.45) is 11.8 Å². The van der Waals surface area contributed by atoms with E-state index in [9.17, 15) is 19.2 Å². The maximum atomic E-state index is 12.1. The van der Waals surface area contributed by atoms with Crippen molar-refractivity contribution in [3.05, 3.63) is 0 Å². The maximum Gasteiger partial charge on any atom is 0.308 e. The van der Waals surface area contributed by atoms with Crippen LogP contribution in [0.1, 0.15) is 47.0 Å². The van der Waals surface area contributed by atoms with Crippen molar-refractivity contribution in [2.75, 3.05) is 26.3 Å². The lowest BCUT2D eigenvalue weighted by Gasteiger charge is -2.17. The van der Waals surface area contributed by atoms with Crippen LogP contribution in [0.5, 0.6) is 0 Å². The molecule has 10 heteroatoms. The number of carbonyl (C=O) groups is 4. The van der Waals surface area contributed by atoms with Crippen molar-refractivity contribution in [1.29, 1.82) is 0 Å². The molecular weight excluding hydrogens is 408 g/mol. The molecule has 0 spiro atoms. The minimum Gasteiger partial charge on any atom is -0.457 e. The molecule has 0 saturated carbocycles. The summed E-state index contributed by atoms with van der Waals surface area (Å²) in [5, 5.41) is 5.37. The Morgan fingerprint density at radius 1 is 0.839 bits per heavy atom. The van der Waals surface area contributed by atoms with E-state index in [0.717, 1.165) is 6.42 Å². The summed E-state index contributed by atoms with van der Waals surface area (Å²) in [4.78, 5) is 47.4. The Morgan fingerprint density at radius 3 is 1.71 bits per heavy atom. The zero-order chi connectivity index (χ0) is 23.0. The van der Waals surface area contributed by atoms with Gasteiger partial charge in [0.2, 0.25) is 11.8 Å². The number of fused-ring (bicyclic) bond motifs is 1. The second-order valence-electron chi connectivity index (χ2n) is 8.20. The van der Waals surface area contributed by atoms with Crippen molar-refractivity contribution >= 4 is 23.8 Å². The quantitative estimate of drug-likeness (QED) is 0.438. The summed E-state index contributed by atoms with van der Waals surface area (Å²) in [5.41, 5.74) is 0. The highest BCUT2D eigenvalue weighted by molar-refractivity contribution is 5.79. The first kappa shape index (κ1) is 25.1. The van der Waals surface area contributed by atoms with Crippen LogP contribution in [-0.2, 0) is 38.1 Å². The van der Waals surface area contributed by atoms with Crippen LogP contribution in [0, 0.1) is 11.8 Å². The molecule has 2 rings (SSSR count). The number of hydrogen-bond acceptors (Lipinski definition) is 8. The standard InChI is InChI=1S/C21H34N2O8/c1-5-13(4)21(27)23-9-7-17(25)31-15-11-29-18-14(10-28-19(15)18)30-16(24)6-8-22-20(26)12(2)3/h12-15,18-19H,5-11H2,1-4H3,(H,22,26)(H,23,27)/t13?,14-,15+,18-,19?/m1/s1. The zero-order valence-corrected chi connectivity index (χ0v) is 18.7. The van der Waals surface area contributed by atoms with E-state index in [1.807, 2.05) is 13.8 Å². The first-order valence-electron chi connectivity index (χ1n) is 10.9. The molecule has 10 nitrogen and oxygen atoms in total. The first-order chi connectivity index (χ1) is 14.7. The monoisotopic (exact) mass is 442 g/mol. The molecule has 2 aliphatic rings. The lowest BCUT2D eigenvalue weighted by molar-refractivity contribution is -0.155. The van der Waals surface area contributed by atoms with E-state index in [1.54, 1.807) is 13.8 Å². The molecule has 176 valence electrons. The predicted molar refractivity (Wildman–Crippen MR) is 109 cm³/mol. The van der Waals surface area contributed by atoms with Gasteiger partial charge in [0.25, 0.3) is 0 Å². The van der Waals surface area contributed by atoms with E-state index in [1.165, 1.54) is 0 Å². The van der Waals surface area contributed by atoms with Gasteiger partial charge < -0.3 is 29.6 Å². The maximum absolute atomic E-state index is 12.1. The molecule has 0 aromatic heterocycles. The summed E-state index contributed by atoms with van der Waals surface area (Å²) in [6.45, 7) is 8.00. The molecular formula is C21H34N2O8. The van der Waals surface area contributed by atoms with Crippen LogP contribution >= 0.6 is 0 Å². The van der Waals surface area contributed by atoms with Crippen LogP contribution in [0.3, 0.4) is 0 Å². The summed E-state index contributed by atoms with van der Waals surface area (Å²) in [6.07, 6.45) is -1.35. The van der Waals surface area contributed by atoms with Gasteiger partial charge in [-0.25, -0.2) is 0 Å². The van der Waals surface area contributed by atoms with E-state index in [-0.39, 0.29) is 62.8 Å². The molecule has 2 unspecified atom stereocenters. The molecule has 2 amide bonds. The summed E-state index contributed by atoms with van der Waals surface area (Å²) in [5.74, 6) is -1.38. The number of hydrogen-bond donors (Lipinski definition) is 2. The molecule has 0 bridgehead atoms.